The van der Waals surface area contributed by atoms with Crippen LogP contribution in [0.2, 0.25) is 0 Å². The molecule has 0 amide bonds. The zero-order valence-electron chi connectivity index (χ0n) is 9.10. The molecule has 2 N–H and O–H groups in total. The van der Waals surface area contributed by atoms with Gasteiger partial charge in [-0.05, 0) is 43.4 Å². The van der Waals surface area contributed by atoms with Crippen LogP contribution in [0.1, 0.15) is 24.8 Å². The summed E-state index contributed by atoms with van der Waals surface area (Å²) in [6, 6.07) is 3.86. The third-order valence-electron chi connectivity index (χ3n) is 3.01. The molecule has 1 aliphatic rings. The third-order valence-corrected chi connectivity index (χ3v) is 3.01. The lowest BCUT2D eigenvalue weighted by Crippen LogP contribution is -2.47. The summed E-state index contributed by atoms with van der Waals surface area (Å²) in [6.07, 6.45) is 7.19. The Labute approximate surface area is 94.7 Å². The van der Waals surface area contributed by atoms with E-state index in [0.29, 0.717) is 0 Å². The molecule has 2 heterocycles. The third kappa shape index (κ3) is 2.79. The molecule has 16 heavy (non-hydrogen) atoms. The fourth-order valence-corrected chi connectivity index (χ4v) is 2.18. The number of nitrogens with zero attached hydrogens (tertiary/aromatic N) is 1. The highest BCUT2D eigenvalue weighted by atomic mass is 16.4. The maximum atomic E-state index is 10.9. The number of carbonyl (C=O) groups is 1. The minimum absolute atomic E-state index is 0.275. The van der Waals surface area contributed by atoms with Gasteiger partial charge < -0.3 is 10.4 Å². The average molecular weight is 220 g/mol. The molecular weight excluding hydrogens is 204 g/mol. The van der Waals surface area contributed by atoms with E-state index in [-0.39, 0.29) is 12.1 Å². The predicted octanol–water partition coefficient (Wildman–Crippen LogP) is 1.22. The molecule has 4 heteroatoms. The lowest BCUT2D eigenvalue weighted by atomic mass is 9.94. The van der Waals surface area contributed by atoms with E-state index >= 15 is 0 Å². The predicted molar refractivity (Wildman–Crippen MR) is 60.1 cm³/mol. The van der Waals surface area contributed by atoms with Crippen molar-refractivity contribution in [2.75, 3.05) is 0 Å². The number of carboxylic acids is 1. The van der Waals surface area contributed by atoms with Crippen LogP contribution in [0.25, 0.3) is 0 Å². The van der Waals surface area contributed by atoms with Crippen LogP contribution in [0.4, 0.5) is 0 Å². The fraction of sp³-hybridized carbons (Fsp3) is 0.500. The molecule has 1 fully saturated rings. The zero-order chi connectivity index (χ0) is 11.4. The number of carboxylic acid groups (broad SMARTS) is 1. The molecule has 0 saturated carbocycles. The summed E-state index contributed by atoms with van der Waals surface area (Å²) < 4.78 is 0. The molecule has 86 valence electrons. The van der Waals surface area contributed by atoms with Crippen LogP contribution < -0.4 is 5.32 Å². The van der Waals surface area contributed by atoms with Crippen molar-refractivity contribution < 1.29 is 9.90 Å². The summed E-state index contributed by atoms with van der Waals surface area (Å²) in [4.78, 5) is 14.8. The summed E-state index contributed by atoms with van der Waals surface area (Å²) in [7, 11) is 0. The standard InChI is InChI=1S/C12H16N2O2/c15-12(16)11-3-1-2-10(14-11)8-9-4-6-13-7-5-9/h4-7,10-11,14H,1-3,8H2,(H,15,16). The van der Waals surface area contributed by atoms with Crippen LogP contribution in [0.15, 0.2) is 24.5 Å². The van der Waals surface area contributed by atoms with Crippen LogP contribution in [-0.4, -0.2) is 28.1 Å². The van der Waals surface area contributed by atoms with Crippen molar-refractivity contribution in [2.45, 2.75) is 37.8 Å². The molecule has 0 aliphatic carbocycles. The second-order valence-corrected chi connectivity index (χ2v) is 4.24. The monoisotopic (exact) mass is 220 g/mol. The van der Waals surface area contributed by atoms with Gasteiger partial charge in [0.1, 0.15) is 6.04 Å². The Bertz CT molecular complexity index is 353. The molecule has 0 bridgehead atoms. The topological polar surface area (TPSA) is 62.2 Å². The van der Waals surface area contributed by atoms with E-state index in [1.54, 1.807) is 12.4 Å². The number of hydrogen-bond acceptors (Lipinski definition) is 3. The van der Waals surface area contributed by atoms with E-state index in [1.165, 1.54) is 5.56 Å². The molecule has 1 aliphatic heterocycles. The van der Waals surface area contributed by atoms with Crippen molar-refractivity contribution in [2.24, 2.45) is 0 Å². The molecule has 4 nitrogen and oxygen atoms in total. The van der Waals surface area contributed by atoms with Crippen molar-refractivity contribution >= 4 is 5.97 Å². The van der Waals surface area contributed by atoms with E-state index in [1.807, 2.05) is 12.1 Å². The van der Waals surface area contributed by atoms with Gasteiger partial charge in [0.15, 0.2) is 0 Å². The first-order valence-corrected chi connectivity index (χ1v) is 5.63. The van der Waals surface area contributed by atoms with Crippen molar-refractivity contribution in [3.8, 4) is 0 Å². The minimum Gasteiger partial charge on any atom is -0.480 e. The maximum absolute atomic E-state index is 10.9. The Morgan fingerprint density at radius 2 is 2.19 bits per heavy atom. The fourth-order valence-electron chi connectivity index (χ4n) is 2.18. The van der Waals surface area contributed by atoms with Crippen LogP contribution in [-0.2, 0) is 11.2 Å². The summed E-state index contributed by atoms with van der Waals surface area (Å²) in [6.45, 7) is 0. The number of aliphatic carboxylic acids is 1. The number of piperidine rings is 1. The lowest BCUT2D eigenvalue weighted by molar-refractivity contribution is -0.140. The number of rotatable bonds is 3. The Morgan fingerprint density at radius 3 is 2.88 bits per heavy atom. The summed E-state index contributed by atoms with van der Waals surface area (Å²) >= 11 is 0. The van der Waals surface area contributed by atoms with Gasteiger partial charge >= 0.3 is 5.97 Å². The first-order chi connectivity index (χ1) is 7.75. The quantitative estimate of drug-likeness (QED) is 0.804. The Hall–Kier alpha value is -1.42. The summed E-state index contributed by atoms with van der Waals surface area (Å²) in [5, 5.41) is 12.1. The highest BCUT2D eigenvalue weighted by Gasteiger charge is 2.25. The Balaban J connectivity index is 1.93. The van der Waals surface area contributed by atoms with Crippen LogP contribution in [0, 0.1) is 0 Å². The molecule has 2 rings (SSSR count). The van der Waals surface area contributed by atoms with Gasteiger partial charge in [0.2, 0.25) is 0 Å². The number of pyridine rings is 1. The number of nitrogens with one attached hydrogen (secondary N) is 1. The van der Waals surface area contributed by atoms with Crippen LogP contribution in [0.5, 0.6) is 0 Å². The molecule has 0 aromatic carbocycles. The molecule has 0 spiro atoms. The largest absolute Gasteiger partial charge is 0.480 e. The second-order valence-electron chi connectivity index (χ2n) is 4.24. The Morgan fingerprint density at radius 1 is 1.44 bits per heavy atom. The normalized spacial score (nSPS) is 25.2. The second kappa shape index (κ2) is 5.07. The van der Waals surface area contributed by atoms with Gasteiger partial charge in [-0.2, -0.15) is 0 Å². The van der Waals surface area contributed by atoms with Crippen molar-refractivity contribution in [3.63, 3.8) is 0 Å². The smallest absolute Gasteiger partial charge is 0.320 e. The van der Waals surface area contributed by atoms with Crippen molar-refractivity contribution in [3.05, 3.63) is 30.1 Å². The highest BCUT2D eigenvalue weighted by molar-refractivity contribution is 5.73. The van der Waals surface area contributed by atoms with Gasteiger partial charge in [0, 0.05) is 18.4 Å². The maximum Gasteiger partial charge on any atom is 0.320 e. The minimum atomic E-state index is -0.737. The van der Waals surface area contributed by atoms with Gasteiger partial charge in [0.25, 0.3) is 0 Å². The van der Waals surface area contributed by atoms with Crippen LogP contribution >= 0.6 is 0 Å². The van der Waals surface area contributed by atoms with Gasteiger partial charge in [-0.15, -0.1) is 0 Å². The van der Waals surface area contributed by atoms with E-state index in [0.717, 1.165) is 25.7 Å². The molecule has 1 saturated heterocycles. The first-order valence-electron chi connectivity index (χ1n) is 5.63. The summed E-state index contributed by atoms with van der Waals surface area (Å²) in [5.41, 5.74) is 1.21. The SMILES string of the molecule is O=C(O)C1CCCC(Cc2ccncc2)N1. The van der Waals surface area contributed by atoms with E-state index in [2.05, 4.69) is 10.3 Å². The van der Waals surface area contributed by atoms with Gasteiger partial charge in [-0.3, -0.25) is 9.78 Å². The number of hydrogen-bond donors (Lipinski definition) is 2. The lowest BCUT2D eigenvalue weighted by Gasteiger charge is -2.28. The first kappa shape index (κ1) is 11.1. The molecule has 1 aromatic rings. The van der Waals surface area contributed by atoms with Gasteiger partial charge in [0.05, 0.1) is 0 Å². The molecule has 2 unspecified atom stereocenters. The average Bonchev–Trinajstić information content (AvgIpc) is 2.30. The van der Waals surface area contributed by atoms with Crippen molar-refractivity contribution in [1.29, 1.82) is 0 Å². The Kier molecular flexibility index (Phi) is 3.51. The molecule has 1 aromatic heterocycles. The molecule has 0 radical (unpaired) electrons. The van der Waals surface area contributed by atoms with Crippen molar-refractivity contribution in [1.82, 2.24) is 10.3 Å². The van der Waals surface area contributed by atoms with Crippen LogP contribution in [0.3, 0.4) is 0 Å². The molecular formula is C12H16N2O2. The van der Waals surface area contributed by atoms with Gasteiger partial charge in [-0.25, -0.2) is 0 Å². The number of aromatic nitrogens is 1. The van der Waals surface area contributed by atoms with E-state index in [4.69, 9.17) is 5.11 Å². The highest BCUT2D eigenvalue weighted by Crippen LogP contribution is 2.16. The molecule has 2 atom stereocenters. The van der Waals surface area contributed by atoms with E-state index < -0.39 is 5.97 Å². The summed E-state index contributed by atoms with van der Waals surface area (Å²) in [5.74, 6) is -0.737. The zero-order valence-corrected chi connectivity index (χ0v) is 9.10. The van der Waals surface area contributed by atoms with E-state index in [9.17, 15) is 4.79 Å². The van der Waals surface area contributed by atoms with Gasteiger partial charge in [-0.1, -0.05) is 0 Å².